The number of morpholine rings is 1. The second-order valence-corrected chi connectivity index (χ2v) is 7.81. The molecule has 31 heavy (non-hydrogen) atoms. The maximum absolute atomic E-state index is 12.9. The Bertz CT molecular complexity index is 958. The first-order chi connectivity index (χ1) is 14.9. The number of nitrogens with zero attached hydrogens (tertiary/aromatic N) is 2. The number of nitrogens with one attached hydrogen (secondary N) is 2. The molecule has 1 aliphatic rings. The minimum absolute atomic E-state index is 0.126. The van der Waals surface area contributed by atoms with Gasteiger partial charge < -0.3 is 15.0 Å². The minimum Gasteiger partial charge on any atom is -0.378 e. The minimum atomic E-state index is -0.519. The van der Waals surface area contributed by atoms with Crippen molar-refractivity contribution in [3.05, 3.63) is 63.7 Å². The highest BCUT2D eigenvalue weighted by Gasteiger charge is 2.22. The lowest BCUT2D eigenvalue weighted by Crippen LogP contribution is -2.39. The molecule has 164 valence electrons. The second kappa shape index (κ2) is 10.3. The van der Waals surface area contributed by atoms with Gasteiger partial charge in [0.25, 0.3) is 11.6 Å². The molecule has 1 aliphatic heterocycles. The maximum Gasteiger partial charge on any atom is 0.270 e. The highest BCUT2D eigenvalue weighted by atomic mass is 32.1. The number of benzene rings is 2. The van der Waals surface area contributed by atoms with Gasteiger partial charge in [-0.1, -0.05) is 26.0 Å². The highest BCUT2D eigenvalue weighted by molar-refractivity contribution is 7.80. The van der Waals surface area contributed by atoms with Crippen LogP contribution in [-0.2, 0) is 4.74 Å². The third kappa shape index (κ3) is 5.77. The van der Waals surface area contributed by atoms with Crippen LogP contribution in [0.1, 0.15) is 42.1 Å². The van der Waals surface area contributed by atoms with Gasteiger partial charge in [0.15, 0.2) is 5.11 Å². The molecule has 2 N–H and O–H groups in total. The van der Waals surface area contributed by atoms with Crippen LogP contribution in [0.25, 0.3) is 0 Å². The molecule has 1 saturated heterocycles. The molecule has 2 aromatic carbocycles. The molecule has 9 heteroatoms. The summed E-state index contributed by atoms with van der Waals surface area (Å²) >= 11 is 5.29. The summed E-state index contributed by atoms with van der Waals surface area (Å²) in [6.45, 7) is 6.57. The van der Waals surface area contributed by atoms with Gasteiger partial charge in [0, 0.05) is 30.9 Å². The third-order valence-corrected chi connectivity index (χ3v) is 5.57. The van der Waals surface area contributed by atoms with E-state index in [4.69, 9.17) is 17.0 Å². The van der Waals surface area contributed by atoms with E-state index in [0.717, 1.165) is 12.1 Å². The van der Waals surface area contributed by atoms with Gasteiger partial charge in [0.2, 0.25) is 0 Å². The van der Waals surface area contributed by atoms with Crippen LogP contribution in [0.5, 0.6) is 0 Å². The van der Waals surface area contributed by atoms with Gasteiger partial charge in [-0.15, -0.1) is 0 Å². The summed E-state index contributed by atoms with van der Waals surface area (Å²) in [7, 11) is 0. The molecule has 1 fully saturated rings. The number of nitro groups is 1. The first-order valence-corrected chi connectivity index (χ1v) is 10.6. The first kappa shape index (κ1) is 22.6. The third-order valence-electron chi connectivity index (χ3n) is 5.36. The summed E-state index contributed by atoms with van der Waals surface area (Å²) in [5.41, 5.74) is 2.65. The fourth-order valence-corrected chi connectivity index (χ4v) is 3.57. The summed E-state index contributed by atoms with van der Waals surface area (Å²) in [5, 5.41) is 17.0. The summed E-state index contributed by atoms with van der Waals surface area (Å²) in [5.74, 6) is -0.0351. The Morgan fingerprint density at radius 2 is 1.90 bits per heavy atom. The Hall–Kier alpha value is -3.04. The van der Waals surface area contributed by atoms with Gasteiger partial charge in [-0.3, -0.25) is 20.2 Å². The van der Waals surface area contributed by atoms with Gasteiger partial charge in [0.05, 0.1) is 29.4 Å². The number of hydrogen-bond donors (Lipinski definition) is 2. The van der Waals surface area contributed by atoms with Crippen molar-refractivity contribution in [1.29, 1.82) is 0 Å². The molecule has 0 unspecified atom stereocenters. The quantitative estimate of drug-likeness (QED) is 0.395. The van der Waals surface area contributed by atoms with Crippen LogP contribution in [0.3, 0.4) is 0 Å². The second-order valence-electron chi connectivity index (χ2n) is 7.40. The summed E-state index contributed by atoms with van der Waals surface area (Å²) < 4.78 is 5.36. The fraction of sp³-hybridized carbons (Fsp3) is 0.364. The Morgan fingerprint density at radius 3 is 2.52 bits per heavy atom. The zero-order chi connectivity index (χ0) is 22.4. The lowest BCUT2D eigenvalue weighted by atomic mass is 9.99. The Morgan fingerprint density at radius 1 is 1.23 bits per heavy atom. The van der Waals surface area contributed by atoms with E-state index in [9.17, 15) is 14.9 Å². The summed E-state index contributed by atoms with van der Waals surface area (Å²) in [6.07, 6.45) is 1.05. The van der Waals surface area contributed by atoms with E-state index in [1.807, 2.05) is 29.2 Å². The zero-order valence-corrected chi connectivity index (χ0v) is 18.4. The lowest BCUT2D eigenvalue weighted by molar-refractivity contribution is -0.384. The van der Waals surface area contributed by atoms with Gasteiger partial charge in [-0.2, -0.15) is 0 Å². The number of carbonyl (C=O) groups excluding carboxylic acids is 1. The molecule has 0 saturated carbocycles. The van der Waals surface area contributed by atoms with Crippen LogP contribution in [0.2, 0.25) is 0 Å². The highest BCUT2D eigenvalue weighted by Crippen LogP contribution is 2.26. The van der Waals surface area contributed by atoms with Crippen molar-refractivity contribution in [2.45, 2.75) is 26.2 Å². The van der Waals surface area contributed by atoms with Crippen molar-refractivity contribution in [1.82, 2.24) is 5.32 Å². The van der Waals surface area contributed by atoms with E-state index in [2.05, 4.69) is 24.5 Å². The van der Waals surface area contributed by atoms with Gasteiger partial charge in [0.1, 0.15) is 0 Å². The summed E-state index contributed by atoms with van der Waals surface area (Å²) in [6, 6.07) is 12.2. The SMILES string of the molecule is CC[C@@H](C)c1ccc(NC(=S)NC(=O)c2cc([N+](=O)[O-])ccc2N2CCOCC2)cc1. The Labute approximate surface area is 186 Å². The number of amides is 1. The van der Waals surface area contributed by atoms with Crippen LogP contribution in [0.15, 0.2) is 42.5 Å². The number of nitro benzene ring substituents is 1. The van der Waals surface area contributed by atoms with Crippen molar-refractivity contribution in [2.24, 2.45) is 0 Å². The van der Waals surface area contributed by atoms with E-state index in [-0.39, 0.29) is 16.4 Å². The number of hydrogen-bond acceptors (Lipinski definition) is 6. The molecular formula is C22H26N4O4S. The van der Waals surface area contributed by atoms with Gasteiger partial charge in [-0.05, 0) is 48.3 Å². The molecule has 8 nitrogen and oxygen atoms in total. The predicted molar refractivity (Wildman–Crippen MR) is 125 cm³/mol. The first-order valence-electron chi connectivity index (χ1n) is 10.2. The van der Waals surface area contributed by atoms with Crippen molar-refractivity contribution in [3.8, 4) is 0 Å². The molecule has 1 amide bonds. The largest absolute Gasteiger partial charge is 0.378 e. The lowest BCUT2D eigenvalue weighted by Gasteiger charge is -2.30. The van der Waals surface area contributed by atoms with E-state index < -0.39 is 10.8 Å². The van der Waals surface area contributed by atoms with Crippen molar-refractivity contribution < 1.29 is 14.5 Å². The average Bonchev–Trinajstić information content (AvgIpc) is 2.79. The molecule has 3 rings (SSSR count). The molecule has 0 radical (unpaired) electrons. The number of thiocarbonyl (C=S) groups is 1. The van der Waals surface area contributed by atoms with Crippen LogP contribution >= 0.6 is 12.2 Å². The van der Waals surface area contributed by atoms with E-state index in [1.54, 1.807) is 6.07 Å². The van der Waals surface area contributed by atoms with Crippen molar-refractivity contribution in [2.75, 3.05) is 36.5 Å². The van der Waals surface area contributed by atoms with Gasteiger partial charge in [-0.25, -0.2) is 0 Å². The predicted octanol–water partition coefficient (Wildman–Crippen LogP) is 4.07. The Balaban J connectivity index is 1.74. The van der Waals surface area contributed by atoms with Crippen LogP contribution in [-0.4, -0.2) is 42.2 Å². The monoisotopic (exact) mass is 442 g/mol. The number of anilines is 2. The molecule has 0 bridgehead atoms. The van der Waals surface area contributed by atoms with Crippen molar-refractivity contribution in [3.63, 3.8) is 0 Å². The normalized spacial score (nSPS) is 14.6. The average molecular weight is 443 g/mol. The van der Waals surface area contributed by atoms with Gasteiger partial charge >= 0.3 is 0 Å². The fourth-order valence-electron chi connectivity index (χ4n) is 3.36. The topological polar surface area (TPSA) is 96.7 Å². The Kier molecular flexibility index (Phi) is 7.54. The molecule has 1 heterocycles. The smallest absolute Gasteiger partial charge is 0.270 e. The zero-order valence-electron chi connectivity index (χ0n) is 17.6. The molecule has 0 aromatic heterocycles. The van der Waals surface area contributed by atoms with Crippen molar-refractivity contribution >= 4 is 40.3 Å². The number of carbonyl (C=O) groups is 1. The van der Waals surface area contributed by atoms with E-state index >= 15 is 0 Å². The molecular weight excluding hydrogens is 416 g/mol. The van der Waals surface area contributed by atoms with Crippen LogP contribution < -0.4 is 15.5 Å². The van der Waals surface area contributed by atoms with Crippen LogP contribution in [0.4, 0.5) is 17.1 Å². The molecule has 1 atom stereocenters. The number of ether oxygens (including phenoxy) is 1. The van der Waals surface area contributed by atoms with E-state index in [0.29, 0.717) is 37.9 Å². The van der Waals surface area contributed by atoms with Crippen LogP contribution in [0, 0.1) is 10.1 Å². The number of non-ortho nitro benzene ring substituents is 1. The maximum atomic E-state index is 12.9. The van der Waals surface area contributed by atoms with E-state index in [1.165, 1.54) is 17.7 Å². The summed E-state index contributed by atoms with van der Waals surface area (Å²) in [4.78, 5) is 25.6. The standard InChI is InChI=1S/C22H26N4O4S/c1-3-15(2)16-4-6-17(7-5-16)23-22(31)24-21(27)19-14-18(26(28)29)8-9-20(19)25-10-12-30-13-11-25/h4-9,14-15H,3,10-13H2,1-2H3,(H2,23,24,27,31)/t15-/m1/s1. The molecule has 0 spiro atoms. The molecule has 2 aromatic rings. The number of rotatable bonds is 6. The molecule has 0 aliphatic carbocycles.